The van der Waals surface area contributed by atoms with Gasteiger partial charge in [0.1, 0.15) is 0 Å². The topological polar surface area (TPSA) is 40.5 Å². The predicted octanol–water partition coefficient (Wildman–Crippen LogP) is 7.00. The quantitative estimate of drug-likeness (QED) is 0.452. The first-order chi connectivity index (χ1) is 14.9. The summed E-state index contributed by atoms with van der Waals surface area (Å²) in [5.74, 6) is 3.51. The summed E-state index contributed by atoms with van der Waals surface area (Å²) in [6.45, 7) is 19.6. The Hall–Kier alpha value is -0.340. The number of fused-ring (bicyclic) bond motifs is 7. The van der Waals surface area contributed by atoms with Crippen molar-refractivity contribution in [3.63, 3.8) is 0 Å². The highest BCUT2D eigenvalue weighted by atomic mass is 16.3. The molecule has 5 aliphatic carbocycles. The second-order valence-corrected chi connectivity index (χ2v) is 14.6. The lowest BCUT2D eigenvalue weighted by Gasteiger charge is -2.73. The first-order valence-corrected chi connectivity index (χ1v) is 13.8. The van der Waals surface area contributed by atoms with Crippen LogP contribution in [-0.2, 0) is 0 Å². The number of hydrogen-bond donors (Lipinski definition) is 2. The highest BCUT2D eigenvalue weighted by molar-refractivity contribution is 5.21. The lowest BCUT2D eigenvalue weighted by Crippen LogP contribution is -2.67. The fourth-order valence-corrected chi connectivity index (χ4v) is 11.5. The first-order valence-electron chi connectivity index (χ1n) is 13.8. The Balaban J connectivity index is 1.54. The number of aliphatic hydroxyl groups is 2. The normalized spacial score (nSPS) is 59.5. The number of rotatable bonds is 2. The predicted molar refractivity (Wildman–Crippen MR) is 132 cm³/mol. The molecule has 182 valence electrons. The smallest absolute Gasteiger partial charge is 0.0618 e. The van der Waals surface area contributed by atoms with E-state index in [4.69, 9.17) is 0 Å². The van der Waals surface area contributed by atoms with E-state index in [2.05, 4.69) is 48.1 Å². The van der Waals surface area contributed by atoms with E-state index in [1.807, 2.05) is 0 Å². The fourth-order valence-electron chi connectivity index (χ4n) is 11.5. The van der Waals surface area contributed by atoms with E-state index in [0.29, 0.717) is 28.1 Å². The molecule has 0 aromatic heterocycles. The van der Waals surface area contributed by atoms with Crippen molar-refractivity contribution < 1.29 is 10.2 Å². The van der Waals surface area contributed by atoms with Gasteiger partial charge in [-0.1, -0.05) is 46.8 Å². The molecule has 0 aliphatic heterocycles. The van der Waals surface area contributed by atoms with Gasteiger partial charge in [-0.25, -0.2) is 0 Å². The van der Waals surface area contributed by atoms with Gasteiger partial charge in [-0.3, -0.25) is 0 Å². The van der Waals surface area contributed by atoms with Crippen molar-refractivity contribution in [3.05, 3.63) is 12.2 Å². The Kier molecular flexibility index (Phi) is 5.19. The maximum atomic E-state index is 10.9. The summed E-state index contributed by atoms with van der Waals surface area (Å²) < 4.78 is 0. The second-order valence-electron chi connectivity index (χ2n) is 14.6. The molecule has 5 saturated carbocycles. The van der Waals surface area contributed by atoms with Crippen LogP contribution in [0.25, 0.3) is 0 Å². The molecule has 0 aromatic rings. The van der Waals surface area contributed by atoms with E-state index in [1.54, 1.807) is 0 Å². The highest BCUT2D eigenvalue weighted by Crippen LogP contribution is 2.77. The third kappa shape index (κ3) is 2.66. The Bertz CT molecular complexity index is 790. The van der Waals surface area contributed by atoms with Gasteiger partial charge in [0.2, 0.25) is 0 Å². The minimum absolute atomic E-state index is 0.123. The summed E-state index contributed by atoms with van der Waals surface area (Å²) in [4.78, 5) is 0. The van der Waals surface area contributed by atoms with Crippen molar-refractivity contribution >= 4 is 0 Å². The molecule has 2 heteroatoms. The van der Waals surface area contributed by atoms with Gasteiger partial charge in [-0.15, -0.1) is 0 Å². The molecule has 2 nitrogen and oxygen atoms in total. The highest BCUT2D eigenvalue weighted by Gasteiger charge is 2.70. The van der Waals surface area contributed by atoms with Crippen molar-refractivity contribution in [2.45, 2.75) is 112 Å². The van der Waals surface area contributed by atoms with Gasteiger partial charge < -0.3 is 10.2 Å². The van der Waals surface area contributed by atoms with Crippen LogP contribution in [0.5, 0.6) is 0 Å². The maximum Gasteiger partial charge on any atom is 0.0618 e. The molecule has 0 radical (unpaired) electrons. The average Bonchev–Trinajstić information content (AvgIpc) is 3.09. The molecule has 5 fully saturated rings. The molecule has 5 rings (SSSR count). The lowest BCUT2D eigenvalue weighted by molar-refractivity contribution is -0.253. The Morgan fingerprint density at radius 3 is 2.19 bits per heavy atom. The molecular formula is C30H50O2. The minimum atomic E-state index is -0.355. The average molecular weight is 443 g/mol. The van der Waals surface area contributed by atoms with Crippen LogP contribution in [0.3, 0.4) is 0 Å². The Morgan fingerprint density at radius 2 is 1.53 bits per heavy atom. The molecule has 0 aromatic carbocycles. The molecular weight excluding hydrogens is 392 g/mol. The zero-order chi connectivity index (χ0) is 23.3. The molecule has 0 saturated heterocycles. The van der Waals surface area contributed by atoms with E-state index in [-0.39, 0.29) is 23.5 Å². The van der Waals surface area contributed by atoms with Gasteiger partial charge >= 0.3 is 0 Å². The van der Waals surface area contributed by atoms with E-state index in [1.165, 1.54) is 56.9 Å². The van der Waals surface area contributed by atoms with E-state index < -0.39 is 0 Å². The third-order valence-electron chi connectivity index (χ3n) is 13.6. The summed E-state index contributed by atoms with van der Waals surface area (Å²) in [6.07, 6.45) is 12.3. The van der Waals surface area contributed by atoms with Gasteiger partial charge in [0.25, 0.3) is 0 Å². The maximum absolute atomic E-state index is 10.9. The number of aliphatic hydroxyl groups excluding tert-OH is 2. The van der Waals surface area contributed by atoms with Gasteiger partial charge in [0.05, 0.1) is 12.7 Å². The lowest BCUT2D eigenvalue weighted by atomic mass is 9.32. The van der Waals surface area contributed by atoms with E-state index >= 15 is 0 Å². The van der Waals surface area contributed by atoms with Crippen LogP contribution in [0, 0.1) is 56.7 Å². The summed E-state index contributed by atoms with van der Waals surface area (Å²) in [5.41, 5.74) is 2.62. The fraction of sp³-hybridized carbons (Fsp3) is 0.933. The van der Waals surface area contributed by atoms with Crippen molar-refractivity contribution in [1.29, 1.82) is 0 Å². The van der Waals surface area contributed by atoms with Gasteiger partial charge in [-0.2, -0.15) is 0 Å². The van der Waals surface area contributed by atoms with Crippen LogP contribution in [0.4, 0.5) is 0 Å². The standard InChI is InChI=1S/C30H50O2/c1-19(2)20-10-13-26(3)16-17-29(6)21(25(20)26)8-9-23-27(4)14-12-24(32)28(5,18-31)22(27)11-15-30(23,29)7/h20-25,31-32H,1,8-18H2,2-7H3/t20-,21+,22-,23+,24+,25+,26+,27-,28+,29+,30+/m0/s1. The van der Waals surface area contributed by atoms with Gasteiger partial charge in [-0.05, 0) is 122 Å². The molecule has 5 aliphatic rings. The zero-order valence-electron chi connectivity index (χ0n) is 21.8. The molecule has 0 spiro atoms. The number of allylic oxidation sites excluding steroid dienone is 1. The third-order valence-corrected chi connectivity index (χ3v) is 13.6. The first kappa shape index (κ1) is 23.4. The molecule has 0 amide bonds. The Morgan fingerprint density at radius 1 is 0.812 bits per heavy atom. The van der Waals surface area contributed by atoms with Crippen LogP contribution in [0.1, 0.15) is 106 Å². The summed E-state index contributed by atoms with van der Waals surface area (Å²) in [5, 5.41) is 21.3. The van der Waals surface area contributed by atoms with Gasteiger partial charge in [0, 0.05) is 5.41 Å². The molecule has 2 N–H and O–H groups in total. The monoisotopic (exact) mass is 442 g/mol. The van der Waals surface area contributed by atoms with Crippen molar-refractivity contribution in [3.8, 4) is 0 Å². The molecule has 32 heavy (non-hydrogen) atoms. The molecule has 11 atom stereocenters. The largest absolute Gasteiger partial charge is 0.396 e. The van der Waals surface area contributed by atoms with Crippen LogP contribution in [0.2, 0.25) is 0 Å². The Labute approximate surface area is 197 Å². The van der Waals surface area contributed by atoms with Crippen molar-refractivity contribution in [2.24, 2.45) is 56.7 Å². The zero-order valence-corrected chi connectivity index (χ0v) is 21.8. The van der Waals surface area contributed by atoms with E-state index in [9.17, 15) is 10.2 Å². The van der Waals surface area contributed by atoms with Crippen molar-refractivity contribution in [2.75, 3.05) is 6.61 Å². The van der Waals surface area contributed by atoms with E-state index in [0.717, 1.165) is 30.6 Å². The summed E-state index contributed by atoms with van der Waals surface area (Å²) in [6, 6.07) is 0. The second kappa shape index (κ2) is 7.09. The van der Waals surface area contributed by atoms with Crippen LogP contribution in [0.15, 0.2) is 12.2 Å². The molecule has 0 heterocycles. The molecule has 0 bridgehead atoms. The minimum Gasteiger partial charge on any atom is -0.396 e. The van der Waals surface area contributed by atoms with Crippen molar-refractivity contribution in [1.82, 2.24) is 0 Å². The van der Waals surface area contributed by atoms with Crippen LogP contribution in [-0.4, -0.2) is 22.9 Å². The summed E-state index contributed by atoms with van der Waals surface area (Å²) >= 11 is 0. The summed E-state index contributed by atoms with van der Waals surface area (Å²) in [7, 11) is 0. The SMILES string of the molecule is C=C(C)[C@@H]1CC[C@]2(C)CC[C@]3(C)[C@H](CC[C@@H]4[C@@]5(C)CC[C@@H](O)[C@](C)(CO)[C@H]5CC[C@]43C)[C@@H]12. The van der Waals surface area contributed by atoms with Crippen LogP contribution >= 0.6 is 0 Å². The van der Waals surface area contributed by atoms with Gasteiger partial charge in [0.15, 0.2) is 0 Å². The molecule has 0 unspecified atom stereocenters. The number of hydrogen-bond acceptors (Lipinski definition) is 2. The van der Waals surface area contributed by atoms with Crippen LogP contribution < -0.4 is 0 Å².